The third kappa shape index (κ3) is 4.71. The van der Waals surface area contributed by atoms with E-state index in [1.165, 1.54) is 18.2 Å². The first kappa shape index (κ1) is 16.3. The molecule has 0 saturated carbocycles. The molecular weight excluding hydrogens is 309 g/mol. The number of ether oxygens (including phenoxy) is 2. The summed E-state index contributed by atoms with van der Waals surface area (Å²) in [7, 11) is 0. The van der Waals surface area contributed by atoms with Gasteiger partial charge in [0.25, 0.3) is 0 Å². The van der Waals surface area contributed by atoms with Crippen LogP contribution < -0.4 is 4.74 Å². The minimum atomic E-state index is -0.632. The number of carbonyl (C=O) groups is 1. The van der Waals surface area contributed by atoms with Gasteiger partial charge >= 0.3 is 11.7 Å². The van der Waals surface area contributed by atoms with Gasteiger partial charge in [-0.15, -0.1) is 0 Å². The lowest BCUT2D eigenvalue weighted by molar-refractivity contribution is -0.385. The van der Waals surface area contributed by atoms with Gasteiger partial charge in [0.1, 0.15) is 6.61 Å². The van der Waals surface area contributed by atoms with Crippen molar-refractivity contribution < 1.29 is 19.2 Å². The molecule has 0 spiro atoms. The molecule has 0 saturated heterocycles. The van der Waals surface area contributed by atoms with Gasteiger partial charge in [-0.2, -0.15) is 0 Å². The first-order chi connectivity index (χ1) is 9.45. The van der Waals surface area contributed by atoms with E-state index in [0.717, 1.165) is 6.07 Å². The lowest BCUT2D eigenvalue weighted by Gasteiger charge is -2.05. The smallest absolute Gasteiger partial charge is 0.330 e. The van der Waals surface area contributed by atoms with Crippen molar-refractivity contribution in [3.8, 4) is 5.75 Å². The molecule has 108 valence electrons. The number of halogens is 2. The molecule has 1 rings (SSSR count). The summed E-state index contributed by atoms with van der Waals surface area (Å²) in [5.74, 6) is -0.544. The Morgan fingerprint density at radius 1 is 1.40 bits per heavy atom. The van der Waals surface area contributed by atoms with Crippen molar-refractivity contribution in [1.82, 2.24) is 0 Å². The molecule has 0 bridgehead atoms. The third-order valence-electron chi connectivity index (χ3n) is 2.07. The Balaban J connectivity index is 2.75. The number of nitro benzene ring substituents is 1. The minimum Gasteiger partial charge on any atom is -0.483 e. The molecule has 0 atom stereocenters. The number of benzene rings is 1. The van der Waals surface area contributed by atoms with Gasteiger partial charge in [-0.1, -0.05) is 23.2 Å². The van der Waals surface area contributed by atoms with Gasteiger partial charge in [0.05, 0.1) is 21.6 Å². The van der Waals surface area contributed by atoms with Crippen LogP contribution in [0.1, 0.15) is 6.92 Å². The van der Waals surface area contributed by atoms with Crippen LogP contribution >= 0.6 is 23.2 Å². The number of esters is 1. The third-order valence-corrected chi connectivity index (χ3v) is 2.80. The molecule has 8 heteroatoms. The summed E-state index contributed by atoms with van der Waals surface area (Å²) in [6.07, 6.45) is 2.55. The highest BCUT2D eigenvalue weighted by Gasteiger charge is 2.18. The van der Waals surface area contributed by atoms with Gasteiger partial charge in [-0.05, 0) is 13.0 Å². The summed E-state index contributed by atoms with van der Waals surface area (Å²) in [5, 5.41) is 11.0. The molecule has 0 unspecified atom stereocenters. The van der Waals surface area contributed by atoms with Gasteiger partial charge < -0.3 is 9.47 Å². The Morgan fingerprint density at radius 3 is 2.65 bits per heavy atom. The minimum absolute atomic E-state index is 0.0297. The Labute approximate surface area is 125 Å². The standard InChI is InChI=1S/C12H11Cl2NO5/c1-2-19-12(16)4-3-5-20-11-7-9(14)8(13)6-10(11)15(17)18/h3-4,6-7H,2,5H2,1H3/b4-3+. The van der Waals surface area contributed by atoms with Crippen LogP contribution in [0.3, 0.4) is 0 Å². The molecule has 1 aromatic rings. The molecule has 0 aliphatic rings. The van der Waals surface area contributed by atoms with E-state index in [0.29, 0.717) is 0 Å². The highest BCUT2D eigenvalue weighted by atomic mass is 35.5. The van der Waals surface area contributed by atoms with Crippen molar-refractivity contribution in [3.63, 3.8) is 0 Å². The molecule has 20 heavy (non-hydrogen) atoms. The largest absolute Gasteiger partial charge is 0.483 e. The SMILES string of the molecule is CCOC(=O)/C=C/COc1cc(Cl)c(Cl)cc1[N+](=O)[O-]. The van der Waals surface area contributed by atoms with Crippen molar-refractivity contribution >= 4 is 34.9 Å². The highest BCUT2D eigenvalue weighted by molar-refractivity contribution is 6.42. The fourth-order valence-corrected chi connectivity index (χ4v) is 1.56. The highest BCUT2D eigenvalue weighted by Crippen LogP contribution is 2.35. The van der Waals surface area contributed by atoms with Gasteiger partial charge in [0, 0.05) is 18.2 Å². The van der Waals surface area contributed by atoms with Gasteiger partial charge in [-0.25, -0.2) is 4.79 Å². The lowest BCUT2D eigenvalue weighted by Crippen LogP contribution is -2.02. The topological polar surface area (TPSA) is 78.7 Å². The second-order valence-corrected chi connectivity index (χ2v) is 4.27. The average molecular weight is 320 g/mol. The number of hydrogen-bond acceptors (Lipinski definition) is 5. The normalized spacial score (nSPS) is 10.6. The first-order valence-electron chi connectivity index (χ1n) is 5.55. The Morgan fingerprint density at radius 2 is 2.05 bits per heavy atom. The van der Waals surface area contributed by atoms with Crippen molar-refractivity contribution in [1.29, 1.82) is 0 Å². The van der Waals surface area contributed by atoms with Crippen LogP contribution in [-0.2, 0) is 9.53 Å². The number of nitro groups is 1. The lowest BCUT2D eigenvalue weighted by atomic mass is 10.3. The van der Waals surface area contributed by atoms with Crippen molar-refractivity contribution in [3.05, 3.63) is 44.4 Å². The van der Waals surface area contributed by atoms with E-state index in [1.54, 1.807) is 6.92 Å². The first-order valence-corrected chi connectivity index (χ1v) is 6.30. The predicted molar refractivity (Wildman–Crippen MR) is 74.4 cm³/mol. The summed E-state index contributed by atoms with van der Waals surface area (Å²) in [5.41, 5.74) is -0.302. The van der Waals surface area contributed by atoms with E-state index in [2.05, 4.69) is 4.74 Å². The number of rotatable bonds is 6. The molecular formula is C12H11Cl2NO5. The Bertz CT molecular complexity index is 545. The summed E-state index contributed by atoms with van der Waals surface area (Å²) < 4.78 is 9.85. The molecule has 0 aliphatic carbocycles. The monoisotopic (exact) mass is 319 g/mol. The second kappa shape index (κ2) is 7.72. The fourth-order valence-electron chi connectivity index (χ4n) is 1.25. The van der Waals surface area contributed by atoms with E-state index >= 15 is 0 Å². The molecule has 1 aromatic carbocycles. The van der Waals surface area contributed by atoms with Gasteiger partial charge in [0.2, 0.25) is 0 Å². The van der Waals surface area contributed by atoms with Crippen LogP contribution in [0.15, 0.2) is 24.3 Å². The van der Waals surface area contributed by atoms with Gasteiger partial charge in [-0.3, -0.25) is 10.1 Å². The summed E-state index contributed by atoms with van der Waals surface area (Å²) in [6.45, 7) is 1.90. The maximum Gasteiger partial charge on any atom is 0.330 e. The summed E-state index contributed by atoms with van der Waals surface area (Å²) in [6, 6.07) is 2.36. The molecule has 6 nitrogen and oxygen atoms in total. The second-order valence-electron chi connectivity index (χ2n) is 3.46. The van der Waals surface area contributed by atoms with Crippen LogP contribution in [0.4, 0.5) is 5.69 Å². The van der Waals surface area contributed by atoms with Gasteiger partial charge in [0.15, 0.2) is 5.75 Å². The zero-order chi connectivity index (χ0) is 15.1. The quantitative estimate of drug-likeness (QED) is 0.347. The molecule has 0 N–H and O–H groups in total. The zero-order valence-electron chi connectivity index (χ0n) is 10.5. The maximum atomic E-state index is 11.0. The van der Waals surface area contributed by atoms with Crippen molar-refractivity contribution in [2.75, 3.05) is 13.2 Å². The number of carbonyl (C=O) groups excluding carboxylic acids is 1. The van der Waals surface area contributed by atoms with E-state index in [-0.39, 0.29) is 34.7 Å². The van der Waals surface area contributed by atoms with E-state index in [4.69, 9.17) is 27.9 Å². The average Bonchev–Trinajstić information content (AvgIpc) is 2.38. The number of nitrogens with zero attached hydrogens (tertiary/aromatic N) is 1. The van der Waals surface area contributed by atoms with E-state index in [1.807, 2.05) is 0 Å². The molecule has 0 aliphatic heterocycles. The van der Waals surface area contributed by atoms with Crippen molar-refractivity contribution in [2.45, 2.75) is 6.92 Å². The van der Waals surface area contributed by atoms with Crippen LogP contribution in [0.25, 0.3) is 0 Å². The molecule has 0 radical (unpaired) electrons. The molecule has 0 amide bonds. The summed E-state index contributed by atoms with van der Waals surface area (Å²) >= 11 is 11.5. The number of hydrogen-bond donors (Lipinski definition) is 0. The van der Waals surface area contributed by atoms with Crippen LogP contribution in [0.2, 0.25) is 10.0 Å². The Hall–Kier alpha value is -1.79. The maximum absolute atomic E-state index is 11.0. The molecule has 0 heterocycles. The molecule has 0 fully saturated rings. The van der Waals surface area contributed by atoms with Crippen LogP contribution in [0.5, 0.6) is 5.75 Å². The summed E-state index contributed by atoms with van der Waals surface area (Å²) in [4.78, 5) is 21.2. The molecule has 0 aromatic heterocycles. The Kier molecular flexibility index (Phi) is 6.27. The van der Waals surface area contributed by atoms with Crippen LogP contribution in [0, 0.1) is 10.1 Å². The van der Waals surface area contributed by atoms with E-state index in [9.17, 15) is 14.9 Å². The van der Waals surface area contributed by atoms with Crippen molar-refractivity contribution in [2.24, 2.45) is 0 Å². The fraction of sp³-hybridized carbons (Fsp3) is 0.250. The van der Waals surface area contributed by atoms with Crippen LogP contribution in [-0.4, -0.2) is 24.1 Å². The zero-order valence-corrected chi connectivity index (χ0v) is 12.0. The predicted octanol–water partition coefficient (Wildman–Crippen LogP) is 3.40. The van der Waals surface area contributed by atoms with E-state index < -0.39 is 10.9 Å².